The van der Waals surface area contributed by atoms with Crippen LogP contribution in [0.3, 0.4) is 0 Å². The molecule has 0 aromatic heterocycles. The Balaban J connectivity index is 1.89. The largest absolute Gasteiger partial charge is 0.364 e. The van der Waals surface area contributed by atoms with Crippen LogP contribution in [0, 0.1) is 13.8 Å². The Labute approximate surface area is 126 Å². The molecule has 0 aliphatic rings. The summed E-state index contributed by atoms with van der Waals surface area (Å²) in [4.78, 5) is 12.0. The monoisotopic (exact) mass is 283 g/mol. The molecular formula is C18H21NO2. The van der Waals surface area contributed by atoms with Crippen LogP contribution in [0.1, 0.15) is 23.6 Å². The molecule has 2 rings (SSSR count). The molecule has 0 heterocycles. The molecule has 110 valence electrons. The third-order valence-electron chi connectivity index (χ3n) is 3.40. The molecule has 3 heteroatoms. The lowest BCUT2D eigenvalue weighted by Gasteiger charge is -2.14. The maximum Gasteiger partial charge on any atom is 0.253 e. The highest BCUT2D eigenvalue weighted by molar-refractivity contribution is 5.93. The molecule has 2 aromatic carbocycles. The van der Waals surface area contributed by atoms with Gasteiger partial charge in [-0.1, -0.05) is 42.0 Å². The van der Waals surface area contributed by atoms with Crippen LogP contribution in [-0.2, 0) is 16.1 Å². The molecule has 0 aliphatic carbocycles. The van der Waals surface area contributed by atoms with E-state index in [9.17, 15) is 4.79 Å². The maximum absolute atomic E-state index is 12.0. The van der Waals surface area contributed by atoms with Crippen LogP contribution in [0.15, 0.2) is 48.5 Å². The van der Waals surface area contributed by atoms with E-state index in [0.717, 1.165) is 11.3 Å². The Morgan fingerprint density at radius 2 is 1.86 bits per heavy atom. The zero-order valence-electron chi connectivity index (χ0n) is 12.7. The first-order valence-electron chi connectivity index (χ1n) is 7.10. The van der Waals surface area contributed by atoms with Crippen molar-refractivity contribution < 1.29 is 9.53 Å². The topological polar surface area (TPSA) is 38.3 Å². The SMILES string of the molecule is Cc1ccc(COC(C)C(=O)Nc2ccccc2)c(C)c1. The van der Waals surface area contributed by atoms with E-state index in [1.165, 1.54) is 11.1 Å². The zero-order chi connectivity index (χ0) is 15.2. The summed E-state index contributed by atoms with van der Waals surface area (Å²) >= 11 is 0. The Morgan fingerprint density at radius 1 is 1.14 bits per heavy atom. The number of rotatable bonds is 5. The minimum absolute atomic E-state index is 0.133. The van der Waals surface area contributed by atoms with Crippen molar-refractivity contribution in [2.45, 2.75) is 33.5 Å². The van der Waals surface area contributed by atoms with Gasteiger partial charge in [-0.2, -0.15) is 0 Å². The molecule has 0 aliphatic heterocycles. The van der Waals surface area contributed by atoms with Crippen molar-refractivity contribution in [3.63, 3.8) is 0 Å². The molecule has 21 heavy (non-hydrogen) atoms. The van der Waals surface area contributed by atoms with Crippen molar-refractivity contribution in [1.82, 2.24) is 0 Å². The number of hydrogen-bond acceptors (Lipinski definition) is 2. The van der Waals surface area contributed by atoms with E-state index in [2.05, 4.69) is 31.3 Å². The number of carbonyl (C=O) groups excluding carboxylic acids is 1. The van der Waals surface area contributed by atoms with Gasteiger partial charge in [-0.15, -0.1) is 0 Å². The van der Waals surface area contributed by atoms with Gasteiger partial charge in [0.05, 0.1) is 6.61 Å². The molecule has 0 saturated carbocycles. The van der Waals surface area contributed by atoms with Gasteiger partial charge >= 0.3 is 0 Å². The first-order chi connectivity index (χ1) is 10.1. The average molecular weight is 283 g/mol. The lowest BCUT2D eigenvalue weighted by atomic mass is 10.1. The van der Waals surface area contributed by atoms with Crippen molar-refractivity contribution in [1.29, 1.82) is 0 Å². The second kappa shape index (κ2) is 7.04. The summed E-state index contributed by atoms with van der Waals surface area (Å²) in [7, 11) is 0. The molecule has 3 nitrogen and oxygen atoms in total. The molecule has 0 radical (unpaired) electrons. The lowest BCUT2D eigenvalue weighted by molar-refractivity contribution is -0.127. The van der Waals surface area contributed by atoms with E-state index in [-0.39, 0.29) is 5.91 Å². The number of hydrogen-bond donors (Lipinski definition) is 1. The quantitative estimate of drug-likeness (QED) is 0.905. The fourth-order valence-corrected chi connectivity index (χ4v) is 2.06. The molecule has 2 aromatic rings. The van der Waals surface area contributed by atoms with Crippen LogP contribution in [0.2, 0.25) is 0 Å². The summed E-state index contributed by atoms with van der Waals surface area (Å²) < 4.78 is 5.67. The number of aryl methyl sites for hydroxylation is 2. The van der Waals surface area contributed by atoms with E-state index in [1.54, 1.807) is 6.92 Å². The molecule has 1 amide bonds. The number of nitrogens with one attached hydrogen (secondary N) is 1. The van der Waals surface area contributed by atoms with Crippen LogP contribution in [0.5, 0.6) is 0 Å². The molecule has 0 bridgehead atoms. The summed E-state index contributed by atoms with van der Waals surface area (Å²) in [6, 6.07) is 15.6. The smallest absolute Gasteiger partial charge is 0.253 e. The Kier molecular flexibility index (Phi) is 5.12. The van der Waals surface area contributed by atoms with Gasteiger partial charge in [0.1, 0.15) is 6.10 Å². The average Bonchev–Trinajstić information content (AvgIpc) is 2.47. The Bertz CT molecular complexity index is 608. The number of ether oxygens (including phenoxy) is 1. The highest BCUT2D eigenvalue weighted by atomic mass is 16.5. The number of amides is 1. The van der Waals surface area contributed by atoms with Gasteiger partial charge in [0.15, 0.2) is 0 Å². The fraction of sp³-hybridized carbons (Fsp3) is 0.278. The minimum Gasteiger partial charge on any atom is -0.364 e. The van der Waals surface area contributed by atoms with Gasteiger partial charge in [0.2, 0.25) is 0 Å². The van der Waals surface area contributed by atoms with Gasteiger partial charge in [0, 0.05) is 5.69 Å². The van der Waals surface area contributed by atoms with E-state index in [0.29, 0.717) is 6.61 Å². The third-order valence-corrected chi connectivity index (χ3v) is 3.40. The number of para-hydroxylation sites is 1. The molecule has 1 unspecified atom stereocenters. The molecule has 0 saturated heterocycles. The van der Waals surface area contributed by atoms with E-state index < -0.39 is 6.10 Å². The normalized spacial score (nSPS) is 12.0. The van der Waals surface area contributed by atoms with E-state index in [4.69, 9.17) is 4.74 Å². The zero-order valence-corrected chi connectivity index (χ0v) is 12.7. The van der Waals surface area contributed by atoms with Crippen LogP contribution >= 0.6 is 0 Å². The van der Waals surface area contributed by atoms with Gasteiger partial charge in [-0.3, -0.25) is 4.79 Å². The van der Waals surface area contributed by atoms with Crippen LogP contribution in [0.25, 0.3) is 0 Å². The standard InChI is InChI=1S/C18H21NO2/c1-13-9-10-16(14(2)11-13)12-21-15(3)18(20)19-17-7-5-4-6-8-17/h4-11,15H,12H2,1-3H3,(H,19,20). The Hall–Kier alpha value is -2.13. The van der Waals surface area contributed by atoms with Gasteiger partial charge in [-0.25, -0.2) is 0 Å². The molecule has 0 spiro atoms. The summed E-state index contributed by atoms with van der Waals surface area (Å²) in [5.74, 6) is -0.133. The summed E-state index contributed by atoms with van der Waals surface area (Å²) in [6.07, 6.45) is -0.495. The fourth-order valence-electron chi connectivity index (χ4n) is 2.06. The van der Waals surface area contributed by atoms with Crippen LogP contribution in [-0.4, -0.2) is 12.0 Å². The second-order valence-corrected chi connectivity index (χ2v) is 5.24. The lowest BCUT2D eigenvalue weighted by Crippen LogP contribution is -2.27. The van der Waals surface area contributed by atoms with Gasteiger partial charge in [0.25, 0.3) is 5.91 Å². The minimum atomic E-state index is -0.495. The van der Waals surface area contributed by atoms with Crippen molar-refractivity contribution in [2.75, 3.05) is 5.32 Å². The summed E-state index contributed by atoms with van der Waals surface area (Å²) in [5.41, 5.74) is 4.31. The third kappa shape index (κ3) is 4.43. The van der Waals surface area contributed by atoms with Crippen molar-refractivity contribution in [3.8, 4) is 0 Å². The van der Waals surface area contributed by atoms with Crippen LogP contribution < -0.4 is 5.32 Å². The van der Waals surface area contributed by atoms with E-state index in [1.807, 2.05) is 36.4 Å². The second-order valence-electron chi connectivity index (χ2n) is 5.24. The van der Waals surface area contributed by atoms with Crippen molar-refractivity contribution in [3.05, 3.63) is 65.2 Å². The van der Waals surface area contributed by atoms with Crippen molar-refractivity contribution >= 4 is 11.6 Å². The predicted molar refractivity (Wildman–Crippen MR) is 85.2 cm³/mol. The summed E-state index contributed by atoms with van der Waals surface area (Å²) in [5, 5.41) is 2.84. The van der Waals surface area contributed by atoms with Gasteiger partial charge in [-0.05, 0) is 44.0 Å². The van der Waals surface area contributed by atoms with Crippen molar-refractivity contribution in [2.24, 2.45) is 0 Å². The highest BCUT2D eigenvalue weighted by Crippen LogP contribution is 2.13. The molecule has 1 N–H and O–H groups in total. The first kappa shape index (κ1) is 15.3. The number of anilines is 1. The Morgan fingerprint density at radius 3 is 2.52 bits per heavy atom. The van der Waals surface area contributed by atoms with E-state index >= 15 is 0 Å². The number of benzene rings is 2. The summed E-state index contributed by atoms with van der Waals surface area (Å²) in [6.45, 7) is 6.32. The first-order valence-corrected chi connectivity index (χ1v) is 7.10. The number of carbonyl (C=O) groups is 1. The highest BCUT2D eigenvalue weighted by Gasteiger charge is 2.14. The molecule has 0 fully saturated rings. The predicted octanol–water partition coefficient (Wildman–Crippen LogP) is 3.85. The van der Waals surface area contributed by atoms with Gasteiger partial charge < -0.3 is 10.1 Å². The molecule has 1 atom stereocenters. The molecular weight excluding hydrogens is 262 g/mol. The maximum atomic E-state index is 12.0. The van der Waals surface area contributed by atoms with Crippen LogP contribution in [0.4, 0.5) is 5.69 Å².